The summed E-state index contributed by atoms with van der Waals surface area (Å²) in [6, 6.07) is 15.1. The maximum absolute atomic E-state index is 13.3. The van der Waals surface area contributed by atoms with Crippen LogP contribution in [0.4, 0.5) is 24.5 Å². The van der Waals surface area contributed by atoms with E-state index < -0.39 is 17.6 Å². The van der Waals surface area contributed by atoms with Gasteiger partial charge in [-0.05, 0) is 83.0 Å². The molecule has 0 unspecified atom stereocenters. The first-order valence-electron chi connectivity index (χ1n) is 9.53. The Morgan fingerprint density at radius 2 is 1.84 bits per heavy atom. The quantitative estimate of drug-likeness (QED) is 0.236. The molecular formula is C24H15F3IN3O. The summed E-state index contributed by atoms with van der Waals surface area (Å²) in [5.41, 5.74) is 2.05. The molecule has 0 fully saturated rings. The van der Waals surface area contributed by atoms with Crippen molar-refractivity contribution < 1.29 is 18.0 Å². The van der Waals surface area contributed by atoms with E-state index >= 15 is 0 Å². The van der Waals surface area contributed by atoms with Gasteiger partial charge in [0.15, 0.2) is 0 Å². The smallest absolute Gasteiger partial charge is 0.324 e. The first-order valence-corrected chi connectivity index (χ1v) is 10.6. The summed E-state index contributed by atoms with van der Waals surface area (Å²) in [6.07, 6.45) is -4.58. The number of rotatable bonds is 1. The van der Waals surface area contributed by atoms with Crippen molar-refractivity contribution in [1.82, 2.24) is 4.98 Å². The summed E-state index contributed by atoms with van der Waals surface area (Å²) in [5, 5.41) is 2.54. The number of alkyl halides is 3. The molecule has 4 rings (SSSR count). The predicted octanol–water partition coefficient (Wildman–Crippen LogP) is 5.88. The molecule has 0 spiro atoms. The minimum atomic E-state index is -4.51. The van der Waals surface area contributed by atoms with Gasteiger partial charge in [0, 0.05) is 5.56 Å². The highest BCUT2D eigenvalue weighted by Gasteiger charge is 2.34. The number of nitrogens with one attached hydrogen (secondary N) is 1. The number of fused-ring (bicyclic) bond motifs is 1. The minimum Gasteiger partial charge on any atom is -0.324 e. The van der Waals surface area contributed by atoms with Crippen molar-refractivity contribution in [3.05, 3.63) is 86.2 Å². The van der Waals surface area contributed by atoms with Crippen LogP contribution in [0.15, 0.2) is 59.6 Å². The van der Waals surface area contributed by atoms with Crippen LogP contribution >= 0.6 is 22.6 Å². The number of amides is 1. The number of hydrogen-bond donors (Lipinski definition) is 1. The third-order valence-electron chi connectivity index (χ3n) is 4.75. The van der Waals surface area contributed by atoms with Crippen LogP contribution in [0.5, 0.6) is 0 Å². The number of pyridine rings is 1. The fourth-order valence-electron chi connectivity index (χ4n) is 3.28. The van der Waals surface area contributed by atoms with Crippen molar-refractivity contribution in [2.45, 2.75) is 19.5 Å². The molecule has 1 aliphatic heterocycles. The van der Waals surface area contributed by atoms with Crippen molar-refractivity contribution in [3.63, 3.8) is 0 Å². The molecule has 1 aliphatic rings. The molecule has 0 atom stereocenters. The molecule has 3 aromatic rings. The average molecular weight is 545 g/mol. The largest absolute Gasteiger partial charge is 0.416 e. The molecule has 0 radical (unpaired) electrons. The van der Waals surface area contributed by atoms with Crippen LogP contribution in [0.3, 0.4) is 0 Å². The maximum Gasteiger partial charge on any atom is 0.416 e. The first kappa shape index (κ1) is 22.0. The van der Waals surface area contributed by atoms with Gasteiger partial charge in [0.1, 0.15) is 9.39 Å². The molecule has 0 bridgehead atoms. The molecule has 0 saturated carbocycles. The summed E-state index contributed by atoms with van der Waals surface area (Å²) in [5.74, 6) is 5.62. The van der Waals surface area contributed by atoms with E-state index in [2.05, 4.69) is 49.7 Å². The second-order valence-electron chi connectivity index (χ2n) is 7.14. The maximum atomic E-state index is 13.3. The van der Waals surface area contributed by atoms with Gasteiger partial charge >= 0.3 is 6.18 Å². The van der Waals surface area contributed by atoms with E-state index in [0.717, 1.165) is 9.77 Å². The standard InChI is InChI=1S/C24H15F3IN3O/c1-14-10-20-21(12-18(14)24(25,26)27)31-23(32)13-19(30-20)16-5-2-4-15(11-16)8-9-17-6-3-7-22(28)29-17/h2-7,10-12H,13H2,1H3,(H,31,32). The highest BCUT2D eigenvalue weighted by Crippen LogP contribution is 2.39. The Morgan fingerprint density at radius 3 is 2.59 bits per heavy atom. The number of aliphatic imine (C=N–C) groups is 1. The third-order valence-corrected chi connectivity index (χ3v) is 5.35. The van der Waals surface area contributed by atoms with Crippen LogP contribution < -0.4 is 5.32 Å². The van der Waals surface area contributed by atoms with Gasteiger partial charge in [-0.15, -0.1) is 0 Å². The number of benzene rings is 2. The molecule has 0 saturated heterocycles. The zero-order valence-electron chi connectivity index (χ0n) is 16.7. The first-order chi connectivity index (χ1) is 15.2. The third kappa shape index (κ3) is 4.99. The molecule has 2 aromatic carbocycles. The second-order valence-corrected chi connectivity index (χ2v) is 8.25. The number of aromatic nitrogens is 1. The summed E-state index contributed by atoms with van der Waals surface area (Å²) in [7, 11) is 0. The molecule has 4 nitrogen and oxygen atoms in total. The molecular weight excluding hydrogens is 530 g/mol. The van der Waals surface area contributed by atoms with E-state index in [1.165, 1.54) is 13.0 Å². The van der Waals surface area contributed by atoms with E-state index in [1.54, 1.807) is 18.2 Å². The number of carbonyl (C=O) groups excluding carboxylic acids is 1. The van der Waals surface area contributed by atoms with Gasteiger partial charge in [-0.1, -0.05) is 24.1 Å². The van der Waals surface area contributed by atoms with Gasteiger partial charge < -0.3 is 5.32 Å². The molecule has 1 aromatic heterocycles. The van der Waals surface area contributed by atoms with Crippen LogP contribution in [0.2, 0.25) is 0 Å². The lowest BCUT2D eigenvalue weighted by Crippen LogP contribution is -2.15. The highest BCUT2D eigenvalue weighted by molar-refractivity contribution is 14.1. The van der Waals surface area contributed by atoms with Gasteiger partial charge in [0.25, 0.3) is 0 Å². The summed E-state index contributed by atoms with van der Waals surface area (Å²) < 4.78 is 40.6. The Balaban J connectivity index is 1.72. The van der Waals surface area contributed by atoms with Crippen LogP contribution in [0.1, 0.15) is 34.4 Å². The Labute approximate surface area is 196 Å². The number of halogens is 4. The number of hydrogen-bond acceptors (Lipinski definition) is 3. The predicted molar refractivity (Wildman–Crippen MR) is 125 cm³/mol. The van der Waals surface area contributed by atoms with E-state index in [1.807, 2.05) is 24.3 Å². The highest BCUT2D eigenvalue weighted by atomic mass is 127. The van der Waals surface area contributed by atoms with Crippen LogP contribution in [-0.4, -0.2) is 16.6 Å². The van der Waals surface area contributed by atoms with Gasteiger partial charge in [0.05, 0.1) is 29.1 Å². The molecule has 2 heterocycles. The van der Waals surface area contributed by atoms with E-state index in [4.69, 9.17) is 0 Å². The van der Waals surface area contributed by atoms with E-state index in [0.29, 0.717) is 22.5 Å². The zero-order valence-corrected chi connectivity index (χ0v) is 18.9. The van der Waals surface area contributed by atoms with Crippen molar-refractivity contribution >= 4 is 45.6 Å². The Kier molecular flexibility index (Phi) is 6.02. The average Bonchev–Trinajstić information content (AvgIpc) is 2.89. The summed E-state index contributed by atoms with van der Waals surface area (Å²) in [6.45, 7) is 1.38. The molecule has 0 aliphatic carbocycles. The Bertz CT molecular complexity index is 1320. The van der Waals surface area contributed by atoms with Crippen LogP contribution in [0, 0.1) is 22.5 Å². The van der Waals surface area contributed by atoms with Crippen LogP contribution in [0.25, 0.3) is 0 Å². The van der Waals surface area contributed by atoms with Crippen molar-refractivity contribution in [2.75, 3.05) is 5.32 Å². The lowest BCUT2D eigenvalue weighted by atomic mass is 10.0. The van der Waals surface area contributed by atoms with Crippen LogP contribution in [-0.2, 0) is 11.0 Å². The molecule has 32 heavy (non-hydrogen) atoms. The van der Waals surface area contributed by atoms with Gasteiger partial charge in [-0.3, -0.25) is 9.79 Å². The minimum absolute atomic E-state index is 0.0418. The van der Waals surface area contributed by atoms with Crippen molar-refractivity contribution in [3.8, 4) is 11.8 Å². The summed E-state index contributed by atoms with van der Waals surface area (Å²) >= 11 is 2.11. The lowest BCUT2D eigenvalue weighted by molar-refractivity contribution is -0.138. The normalized spacial score (nSPS) is 13.3. The topological polar surface area (TPSA) is 54.4 Å². The monoisotopic (exact) mass is 545 g/mol. The van der Waals surface area contributed by atoms with Gasteiger partial charge in [0.2, 0.25) is 5.91 Å². The van der Waals surface area contributed by atoms with Gasteiger partial charge in [-0.2, -0.15) is 13.2 Å². The number of carbonyl (C=O) groups is 1. The molecule has 160 valence electrons. The number of nitrogens with zero attached hydrogens (tertiary/aromatic N) is 2. The fraction of sp³-hybridized carbons (Fsp3) is 0.125. The van der Waals surface area contributed by atoms with Gasteiger partial charge in [-0.25, -0.2) is 4.98 Å². The Morgan fingerprint density at radius 1 is 1.06 bits per heavy atom. The second kappa shape index (κ2) is 8.74. The number of anilines is 1. The SMILES string of the molecule is Cc1cc2c(cc1C(F)(F)F)NC(=O)CC(c1cccc(C#Cc3cccc(I)n3)c1)=N2. The summed E-state index contributed by atoms with van der Waals surface area (Å²) in [4.78, 5) is 21.2. The molecule has 1 amide bonds. The van der Waals surface area contributed by atoms with E-state index in [9.17, 15) is 18.0 Å². The Hall–Kier alpha value is -3.19. The number of aryl methyl sites for hydroxylation is 1. The molecule has 1 N–H and O–H groups in total. The zero-order chi connectivity index (χ0) is 22.9. The van der Waals surface area contributed by atoms with Crippen molar-refractivity contribution in [1.29, 1.82) is 0 Å². The molecule has 8 heteroatoms. The fourth-order valence-corrected chi connectivity index (χ4v) is 3.75. The van der Waals surface area contributed by atoms with Crippen molar-refractivity contribution in [2.24, 2.45) is 4.99 Å². The lowest BCUT2D eigenvalue weighted by Gasteiger charge is -2.13. The van der Waals surface area contributed by atoms with E-state index in [-0.39, 0.29) is 23.4 Å².